The van der Waals surface area contributed by atoms with Crippen molar-refractivity contribution >= 4 is 33.6 Å². The van der Waals surface area contributed by atoms with E-state index in [0.717, 1.165) is 4.90 Å². The third kappa shape index (κ3) is 4.11. The van der Waals surface area contributed by atoms with Crippen molar-refractivity contribution < 1.29 is 27.9 Å². The molecule has 0 radical (unpaired) electrons. The minimum atomic E-state index is -3.63. The van der Waals surface area contributed by atoms with Gasteiger partial charge in [-0.15, -0.1) is 0 Å². The summed E-state index contributed by atoms with van der Waals surface area (Å²) in [5.74, 6) is -1.89. The Hall–Kier alpha value is -2.46. The second kappa shape index (κ2) is 7.65. The predicted molar refractivity (Wildman–Crippen MR) is 96.7 cm³/mol. The van der Waals surface area contributed by atoms with E-state index in [1.807, 2.05) is 0 Å². The molecule has 0 bridgehead atoms. The Morgan fingerprint density at radius 3 is 2.33 bits per heavy atom. The van der Waals surface area contributed by atoms with Crippen LogP contribution < -0.4 is 4.90 Å². The zero-order valence-electron chi connectivity index (χ0n) is 14.7. The number of aliphatic carboxylic acids is 1. The van der Waals surface area contributed by atoms with Crippen molar-refractivity contribution in [3.05, 3.63) is 30.3 Å². The number of hydrogen-bond donors (Lipinski definition) is 1. The molecule has 0 spiro atoms. The van der Waals surface area contributed by atoms with E-state index < -0.39 is 34.2 Å². The highest BCUT2D eigenvalue weighted by molar-refractivity contribution is 7.89. The first kappa shape index (κ1) is 19.3. The average Bonchev–Trinajstić information content (AvgIpc) is 2.95. The lowest BCUT2D eigenvalue weighted by molar-refractivity contribution is -0.136. The standard InChI is InChI=1S/C17H21N3O6S/c21-15-12-19(17(24)20(15)14-4-2-1-3-5-14)13-6-9-18(10-7-13)27(25,26)11-8-16(22)23/h1-5,13H,6-12H2,(H,22,23). The quantitative estimate of drug-likeness (QED) is 0.710. The van der Waals surface area contributed by atoms with Gasteiger partial charge in [-0.1, -0.05) is 18.2 Å². The van der Waals surface area contributed by atoms with E-state index in [0.29, 0.717) is 18.5 Å². The van der Waals surface area contributed by atoms with E-state index in [-0.39, 0.29) is 31.6 Å². The molecule has 0 atom stereocenters. The molecule has 27 heavy (non-hydrogen) atoms. The van der Waals surface area contributed by atoms with E-state index in [4.69, 9.17) is 5.11 Å². The Labute approximate surface area is 157 Å². The summed E-state index contributed by atoms with van der Waals surface area (Å²) in [4.78, 5) is 38.3. The molecular formula is C17H21N3O6S. The van der Waals surface area contributed by atoms with Gasteiger partial charge in [0.2, 0.25) is 10.0 Å². The molecule has 0 unspecified atom stereocenters. The normalized spacial score (nSPS) is 19.7. The van der Waals surface area contributed by atoms with E-state index in [2.05, 4.69) is 0 Å². The van der Waals surface area contributed by atoms with Crippen molar-refractivity contribution in [2.24, 2.45) is 0 Å². The lowest BCUT2D eigenvalue weighted by atomic mass is 10.1. The zero-order valence-corrected chi connectivity index (χ0v) is 15.5. The Kier molecular flexibility index (Phi) is 5.47. The number of carboxylic acid groups (broad SMARTS) is 1. The van der Waals surface area contributed by atoms with Gasteiger partial charge in [-0.05, 0) is 25.0 Å². The lowest BCUT2D eigenvalue weighted by Crippen LogP contribution is -2.48. The molecule has 2 aliphatic rings. The number of sulfonamides is 1. The maximum atomic E-state index is 12.7. The molecule has 9 nitrogen and oxygen atoms in total. The van der Waals surface area contributed by atoms with Crippen LogP contribution in [0.15, 0.2) is 30.3 Å². The summed E-state index contributed by atoms with van der Waals surface area (Å²) < 4.78 is 25.6. The van der Waals surface area contributed by atoms with E-state index in [1.54, 1.807) is 30.3 Å². The van der Waals surface area contributed by atoms with E-state index in [9.17, 15) is 22.8 Å². The molecule has 0 aromatic heterocycles. The molecule has 0 saturated carbocycles. The van der Waals surface area contributed by atoms with Crippen molar-refractivity contribution in [3.8, 4) is 0 Å². The third-order valence-corrected chi connectivity index (χ3v) is 6.71. The van der Waals surface area contributed by atoms with Crippen LogP contribution in [0.1, 0.15) is 19.3 Å². The number of imide groups is 1. The number of nitrogens with zero attached hydrogens (tertiary/aromatic N) is 3. The van der Waals surface area contributed by atoms with Gasteiger partial charge in [-0.3, -0.25) is 9.59 Å². The zero-order chi connectivity index (χ0) is 19.6. The number of hydrogen-bond acceptors (Lipinski definition) is 5. The molecule has 3 rings (SSSR count). The van der Waals surface area contributed by atoms with Gasteiger partial charge in [0.15, 0.2) is 0 Å². The molecule has 2 fully saturated rings. The maximum absolute atomic E-state index is 12.7. The van der Waals surface area contributed by atoms with Crippen LogP contribution in [0.4, 0.5) is 10.5 Å². The molecule has 1 aromatic rings. The number of anilines is 1. The largest absolute Gasteiger partial charge is 0.481 e. The van der Waals surface area contributed by atoms with Gasteiger partial charge in [0.05, 0.1) is 17.9 Å². The third-order valence-electron chi connectivity index (χ3n) is 4.84. The fraction of sp³-hybridized carbons (Fsp3) is 0.471. The molecule has 2 heterocycles. The Morgan fingerprint density at radius 1 is 1.11 bits per heavy atom. The van der Waals surface area contributed by atoms with Crippen molar-refractivity contribution in [1.29, 1.82) is 0 Å². The molecule has 10 heteroatoms. The number of rotatable bonds is 6. The van der Waals surface area contributed by atoms with Crippen LogP contribution in [0.2, 0.25) is 0 Å². The van der Waals surface area contributed by atoms with Crippen LogP contribution >= 0.6 is 0 Å². The van der Waals surface area contributed by atoms with Gasteiger partial charge in [0, 0.05) is 19.1 Å². The summed E-state index contributed by atoms with van der Waals surface area (Å²) in [5, 5.41) is 8.67. The van der Waals surface area contributed by atoms with Crippen molar-refractivity contribution in [2.75, 3.05) is 30.3 Å². The van der Waals surface area contributed by atoms with Crippen LogP contribution in [0, 0.1) is 0 Å². The molecule has 1 aromatic carbocycles. The highest BCUT2D eigenvalue weighted by Gasteiger charge is 2.42. The smallest absolute Gasteiger partial charge is 0.332 e. The molecule has 2 saturated heterocycles. The van der Waals surface area contributed by atoms with Crippen LogP contribution in [-0.2, 0) is 19.6 Å². The van der Waals surface area contributed by atoms with Gasteiger partial charge in [0.1, 0.15) is 6.54 Å². The van der Waals surface area contributed by atoms with Gasteiger partial charge in [-0.2, -0.15) is 0 Å². The SMILES string of the molecule is O=C(O)CCS(=O)(=O)N1CCC(N2CC(=O)N(c3ccccc3)C2=O)CC1. The molecule has 2 aliphatic heterocycles. The fourth-order valence-corrected chi connectivity index (χ4v) is 4.87. The van der Waals surface area contributed by atoms with Gasteiger partial charge < -0.3 is 10.0 Å². The summed E-state index contributed by atoms with van der Waals surface area (Å²) in [7, 11) is -3.63. The summed E-state index contributed by atoms with van der Waals surface area (Å²) in [6, 6.07) is 8.07. The monoisotopic (exact) mass is 395 g/mol. The van der Waals surface area contributed by atoms with Crippen molar-refractivity contribution in [1.82, 2.24) is 9.21 Å². The van der Waals surface area contributed by atoms with E-state index in [1.165, 1.54) is 9.21 Å². The second-order valence-corrected chi connectivity index (χ2v) is 8.65. The van der Waals surface area contributed by atoms with Crippen LogP contribution in [-0.4, -0.2) is 72.1 Å². The molecule has 0 aliphatic carbocycles. The average molecular weight is 395 g/mol. The van der Waals surface area contributed by atoms with Crippen LogP contribution in [0.5, 0.6) is 0 Å². The first-order valence-electron chi connectivity index (χ1n) is 8.68. The first-order chi connectivity index (χ1) is 12.8. The van der Waals surface area contributed by atoms with Gasteiger partial charge in [-0.25, -0.2) is 22.4 Å². The minimum Gasteiger partial charge on any atom is -0.481 e. The summed E-state index contributed by atoms with van der Waals surface area (Å²) in [6.45, 7) is 0.385. The highest BCUT2D eigenvalue weighted by Crippen LogP contribution is 2.27. The van der Waals surface area contributed by atoms with E-state index >= 15 is 0 Å². The number of urea groups is 1. The fourth-order valence-electron chi connectivity index (χ4n) is 3.41. The highest BCUT2D eigenvalue weighted by atomic mass is 32.2. The summed E-state index contributed by atoms with van der Waals surface area (Å²) in [5.41, 5.74) is 0.517. The van der Waals surface area contributed by atoms with Crippen LogP contribution in [0.25, 0.3) is 0 Å². The number of amides is 3. The number of carbonyl (C=O) groups is 3. The summed E-state index contributed by atoms with van der Waals surface area (Å²) in [6.07, 6.45) is 0.384. The number of carboxylic acids is 1. The van der Waals surface area contributed by atoms with Gasteiger partial charge >= 0.3 is 12.0 Å². The molecule has 1 N–H and O–H groups in total. The van der Waals surface area contributed by atoms with Crippen molar-refractivity contribution in [2.45, 2.75) is 25.3 Å². The topological polar surface area (TPSA) is 115 Å². The molecule has 3 amide bonds. The second-order valence-electron chi connectivity index (χ2n) is 6.57. The maximum Gasteiger partial charge on any atom is 0.332 e. The Morgan fingerprint density at radius 2 is 1.74 bits per heavy atom. The predicted octanol–water partition coefficient (Wildman–Crippen LogP) is 0.724. The number of carbonyl (C=O) groups excluding carboxylic acids is 2. The van der Waals surface area contributed by atoms with Crippen LogP contribution in [0.3, 0.4) is 0 Å². The van der Waals surface area contributed by atoms with Gasteiger partial charge in [0.25, 0.3) is 5.91 Å². The first-order valence-corrected chi connectivity index (χ1v) is 10.3. The van der Waals surface area contributed by atoms with Crippen molar-refractivity contribution in [3.63, 3.8) is 0 Å². The molecule has 146 valence electrons. The Bertz CT molecular complexity index is 833. The summed E-state index contributed by atoms with van der Waals surface area (Å²) >= 11 is 0. The lowest BCUT2D eigenvalue weighted by Gasteiger charge is -2.35. The Balaban J connectivity index is 1.62. The minimum absolute atomic E-state index is 0.0237. The number of piperidine rings is 1. The number of benzene rings is 1. The molecular weight excluding hydrogens is 374 g/mol. The number of para-hydroxylation sites is 1.